The third-order valence-electron chi connectivity index (χ3n) is 2.69. The molecule has 14 heavy (non-hydrogen) atoms. The van der Waals surface area contributed by atoms with Crippen molar-refractivity contribution in [1.82, 2.24) is 15.6 Å². The molecule has 1 saturated heterocycles. The molecule has 1 rings (SSSR count). The maximum Gasteiger partial charge on any atom is 0.205 e. The second-order valence-electron chi connectivity index (χ2n) is 3.69. The van der Waals surface area contributed by atoms with Gasteiger partial charge in [0.2, 0.25) is 5.96 Å². The van der Waals surface area contributed by atoms with Crippen LogP contribution in [-0.2, 0) is 0 Å². The van der Waals surface area contributed by atoms with Crippen molar-refractivity contribution in [1.29, 1.82) is 0 Å². The molecule has 0 aliphatic carbocycles. The fraction of sp³-hybridized carbons (Fsp3) is 0.889. The van der Waals surface area contributed by atoms with Gasteiger partial charge in [-0.05, 0) is 32.9 Å². The topological polar surface area (TPSA) is 65.7 Å². The fourth-order valence-corrected chi connectivity index (χ4v) is 1.75. The van der Waals surface area contributed by atoms with Gasteiger partial charge in [-0.2, -0.15) is 0 Å². The summed E-state index contributed by atoms with van der Waals surface area (Å²) in [6.45, 7) is 5.55. The lowest BCUT2D eigenvalue weighted by atomic mass is 10.3. The van der Waals surface area contributed by atoms with Crippen LogP contribution in [0.5, 0.6) is 0 Å². The molecule has 0 aromatic rings. The smallest absolute Gasteiger partial charge is 0.205 e. The van der Waals surface area contributed by atoms with E-state index < -0.39 is 0 Å². The Morgan fingerprint density at radius 2 is 2.14 bits per heavy atom. The van der Waals surface area contributed by atoms with Crippen molar-refractivity contribution >= 4 is 5.96 Å². The van der Waals surface area contributed by atoms with Crippen LogP contribution in [0.2, 0.25) is 0 Å². The van der Waals surface area contributed by atoms with Gasteiger partial charge in [-0.1, -0.05) is 0 Å². The van der Waals surface area contributed by atoms with Crippen LogP contribution in [0.1, 0.15) is 19.8 Å². The molecule has 1 fully saturated rings. The van der Waals surface area contributed by atoms with Crippen molar-refractivity contribution < 1.29 is 0 Å². The van der Waals surface area contributed by atoms with Crippen LogP contribution in [0, 0.1) is 0 Å². The van der Waals surface area contributed by atoms with Crippen LogP contribution >= 0.6 is 0 Å². The molecule has 82 valence electrons. The molecule has 0 aromatic carbocycles. The molecule has 1 atom stereocenters. The van der Waals surface area contributed by atoms with Crippen LogP contribution in [-0.4, -0.2) is 43.6 Å². The van der Waals surface area contributed by atoms with E-state index in [1.54, 1.807) is 7.05 Å². The average molecular weight is 199 g/mol. The van der Waals surface area contributed by atoms with Crippen molar-refractivity contribution in [2.24, 2.45) is 10.8 Å². The zero-order chi connectivity index (χ0) is 10.4. The van der Waals surface area contributed by atoms with Crippen molar-refractivity contribution in [3.05, 3.63) is 0 Å². The van der Waals surface area contributed by atoms with Crippen LogP contribution < -0.4 is 16.6 Å². The van der Waals surface area contributed by atoms with Crippen LogP contribution in [0.25, 0.3) is 0 Å². The molecule has 1 unspecified atom stereocenters. The lowest BCUT2D eigenvalue weighted by Gasteiger charge is -2.24. The van der Waals surface area contributed by atoms with Crippen molar-refractivity contribution in [3.8, 4) is 0 Å². The molecule has 0 saturated carbocycles. The molecule has 1 aliphatic heterocycles. The average Bonchev–Trinajstić information content (AvgIpc) is 2.72. The predicted octanol–water partition coefficient (Wildman–Crippen LogP) is -0.491. The highest BCUT2D eigenvalue weighted by molar-refractivity contribution is 5.78. The Hall–Kier alpha value is -0.810. The predicted molar refractivity (Wildman–Crippen MR) is 59.0 cm³/mol. The summed E-state index contributed by atoms with van der Waals surface area (Å²) in [4.78, 5) is 6.44. The first-order valence-corrected chi connectivity index (χ1v) is 5.19. The molecule has 5 nitrogen and oxygen atoms in total. The van der Waals surface area contributed by atoms with E-state index in [2.05, 4.69) is 27.6 Å². The van der Waals surface area contributed by atoms with Gasteiger partial charge in [0.15, 0.2) is 0 Å². The molecule has 0 bridgehead atoms. The largest absolute Gasteiger partial charge is 0.354 e. The first-order valence-electron chi connectivity index (χ1n) is 5.19. The number of likely N-dealkylation sites (tertiary alicyclic amines) is 1. The molecule has 1 aliphatic rings. The number of nitrogens with two attached hydrogens (primary N) is 1. The summed E-state index contributed by atoms with van der Waals surface area (Å²) in [6.07, 6.45) is 2.66. The number of guanidine groups is 1. The lowest BCUT2D eigenvalue weighted by Crippen LogP contribution is -2.47. The van der Waals surface area contributed by atoms with Crippen molar-refractivity contribution in [2.45, 2.75) is 25.8 Å². The SMILES string of the molecule is CN=C(NN)NCC(C)N1CCCC1. The molecular formula is C9H21N5. The van der Waals surface area contributed by atoms with Gasteiger partial charge in [0.05, 0.1) is 0 Å². The van der Waals surface area contributed by atoms with Gasteiger partial charge in [-0.25, -0.2) is 5.84 Å². The third-order valence-corrected chi connectivity index (χ3v) is 2.69. The molecule has 0 aromatic heterocycles. The van der Waals surface area contributed by atoms with Gasteiger partial charge in [-0.15, -0.1) is 0 Å². The first-order chi connectivity index (χ1) is 6.77. The molecule has 0 radical (unpaired) electrons. The minimum atomic E-state index is 0.544. The van der Waals surface area contributed by atoms with E-state index in [1.165, 1.54) is 25.9 Å². The van der Waals surface area contributed by atoms with Crippen LogP contribution in [0.3, 0.4) is 0 Å². The highest BCUT2D eigenvalue weighted by Gasteiger charge is 2.17. The number of hydrogen-bond donors (Lipinski definition) is 3. The number of hydrazine groups is 1. The summed E-state index contributed by atoms with van der Waals surface area (Å²) in [5.41, 5.74) is 2.52. The summed E-state index contributed by atoms with van der Waals surface area (Å²) in [6, 6.07) is 0.544. The van der Waals surface area contributed by atoms with E-state index in [0.29, 0.717) is 12.0 Å². The Bertz CT molecular complexity index is 186. The van der Waals surface area contributed by atoms with Gasteiger partial charge < -0.3 is 5.32 Å². The van der Waals surface area contributed by atoms with Crippen LogP contribution in [0.4, 0.5) is 0 Å². The molecule has 4 N–H and O–H groups in total. The second-order valence-corrected chi connectivity index (χ2v) is 3.69. The Balaban J connectivity index is 2.22. The minimum absolute atomic E-state index is 0.544. The summed E-state index contributed by atoms with van der Waals surface area (Å²) >= 11 is 0. The number of aliphatic imine (C=N–C) groups is 1. The molecule has 0 amide bonds. The number of rotatable bonds is 3. The Morgan fingerprint density at radius 3 is 2.64 bits per heavy atom. The zero-order valence-electron chi connectivity index (χ0n) is 9.08. The van der Waals surface area contributed by atoms with E-state index in [0.717, 1.165) is 6.54 Å². The summed E-state index contributed by atoms with van der Waals surface area (Å²) in [7, 11) is 1.71. The van der Waals surface area contributed by atoms with E-state index in [9.17, 15) is 0 Å². The lowest BCUT2D eigenvalue weighted by molar-refractivity contribution is 0.259. The Labute approximate surface area is 85.7 Å². The molecule has 1 heterocycles. The third kappa shape index (κ3) is 3.16. The maximum absolute atomic E-state index is 5.27. The first kappa shape index (κ1) is 11.3. The van der Waals surface area contributed by atoms with Gasteiger partial charge in [0.25, 0.3) is 0 Å². The quantitative estimate of drug-likeness (QED) is 0.248. The van der Waals surface area contributed by atoms with E-state index in [-0.39, 0.29) is 0 Å². The molecule has 0 spiro atoms. The van der Waals surface area contributed by atoms with Crippen LogP contribution in [0.15, 0.2) is 4.99 Å². The van der Waals surface area contributed by atoms with E-state index >= 15 is 0 Å². The molecular weight excluding hydrogens is 178 g/mol. The van der Waals surface area contributed by atoms with Crippen molar-refractivity contribution in [2.75, 3.05) is 26.7 Å². The molecule has 5 heteroatoms. The Kier molecular flexibility index (Phi) is 4.69. The standard InChI is InChI=1S/C9H21N5/c1-8(14-5-3-4-6-14)7-12-9(11-2)13-10/h8H,3-7,10H2,1-2H3,(H2,11,12,13). The number of nitrogens with one attached hydrogen (secondary N) is 2. The second kappa shape index (κ2) is 5.82. The van der Waals surface area contributed by atoms with Gasteiger partial charge in [-0.3, -0.25) is 15.3 Å². The number of nitrogens with zero attached hydrogens (tertiary/aromatic N) is 2. The summed E-state index contributed by atoms with van der Waals surface area (Å²) in [5.74, 6) is 5.92. The maximum atomic E-state index is 5.27. The monoisotopic (exact) mass is 199 g/mol. The number of hydrogen-bond acceptors (Lipinski definition) is 3. The van der Waals surface area contributed by atoms with Crippen molar-refractivity contribution in [3.63, 3.8) is 0 Å². The normalized spacial score (nSPS) is 20.9. The zero-order valence-corrected chi connectivity index (χ0v) is 9.08. The highest BCUT2D eigenvalue weighted by Crippen LogP contribution is 2.10. The summed E-state index contributed by atoms with van der Waals surface area (Å²) in [5, 5.41) is 3.17. The Morgan fingerprint density at radius 1 is 1.50 bits per heavy atom. The minimum Gasteiger partial charge on any atom is -0.354 e. The van der Waals surface area contributed by atoms with E-state index in [4.69, 9.17) is 5.84 Å². The summed E-state index contributed by atoms with van der Waals surface area (Å²) < 4.78 is 0. The van der Waals surface area contributed by atoms with E-state index in [1.807, 2.05) is 0 Å². The van der Waals surface area contributed by atoms with Gasteiger partial charge in [0, 0.05) is 19.6 Å². The van der Waals surface area contributed by atoms with Gasteiger partial charge >= 0.3 is 0 Å². The fourth-order valence-electron chi connectivity index (χ4n) is 1.75. The van der Waals surface area contributed by atoms with Gasteiger partial charge in [0.1, 0.15) is 0 Å². The highest BCUT2D eigenvalue weighted by atomic mass is 15.3.